The van der Waals surface area contributed by atoms with Gasteiger partial charge >= 0.3 is 0 Å². The normalized spacial score (nSPS) is 10.5. The molecule has 1 N–H and O–H groups in total. The number of nitrogens with one attached hydrogen (secondary N) is 1. The Balaban J connectivity index is 1.95. The average molecular weight is 256 g/mol. The van der Waals surface area contributed by atoms with Crippen LogP contribution in [0.4, 0.5) is 5.69 Å². The first-order chi connectivity index (χ1) is 9.15. The van der Waals surface area contributed by atoms with E-state index in [0.717, 1.165) is 18.0 Å². The van der Waals surface area contributed by atoms with Crippen molar-refractivity contribution in [3.05, 3.63) is 53.9 Å². The molecular weight excluding hydrogens is 236 g/mol. The molecule has 3 nitrogen and oxygen atoms in total. The molecule has 2 rings (SSSR count). The number of pyridine rings is 1. The van der Waals surface area contributed by atoms with Gasteiger partial charge in [-0.05, 0) is 50.1 Å². The van der Waals surface area contributed by atoms with E-state index in [1.54, 1.807) is 6.20 Å². The van der Waals surface area contributed by atoms with E-state index in [2.05, 4.69) is 29.4 Å². The first kappa shape index (κ1) is 13.4. The molecule has 0 spiro atoms. The highest BCUT2D eigenvalue weighted by atomic mass is 16.5. The molecule has 100 valence electrons. The minimum absolute atomic E-state index is 0.210. The van der Waals surface area contributed by atoms with Crippen LogP contribution in [0.1, 0.15) is 25.0 Å². The summed E-state index contributed by atoms with van der Waals surface area (Å²) in [6.45, 7) is 6.92. The van der Waals surface area contributed by atoms with Gasteiger partial charge in [-0.15, -0.1) is 0 Å². The molecule has 1 aromatic carbocycles. The molecule has 1 aromatic heterocycles. The molecule has 0 saturated carbocycles. The summed E-state index contributed by atoms with van der Waals surface area (Å²) in [6, 6.07) is 10.2. The first-order valence-electron chi connectivity index (χ1n) is 6.55. The summed E-state index contributed by atoms with van der Waals surface area (Å²) < 4.78 is 5.62. The van der Waals surface area contributed by atoms with Gasteiger partial charge in [0.25, 0.3) is 0 Å². The van der Waals surface area contributed by atoms with E-state index in [1.165, 1.54) is 11.1 Å². The summed E-state index contributed by atoms with van der Waals surface area (Å²) in [5.41, 5.74) is 3.50. The summed E-state index contributed by atoms with van der Waals surface area (Å²) in [6.07, 6.45) is 3.87. The van der Waals surface area contributed by atoms with E-state index in [0.29, 0.717) is 0 Å². The van der Waals surface area contributed by atoms with E-state index in [-0.39, 0.29) is 6.10 Å². The van der Waals surface area contributed by atoms with E-state index >= 15 is 0 Å². The summed E-state index contributed by atoms with van der Waals surface area (Å²) in [7, 11) is 0. The molecule has 0 bridgehead atoms. The Morgan fingerprint density at radius 2 is 1.89 bits per heavy atom. The van der Waals surface area contributed by atoms with Crippen molar-refractivity contribution in [1.82, 2.24) is 4.98 Å². The average Bonchev–Trinajstić information content (AvgIpc) is 2.39. The fourth-order valence-corrected chi connectivity index (χ4v) is 1.80. The van der Waals surface area contributed by atoms with Gasteiger partial charge in [0.05, 0.1) is 18.0 Å². The second-order valence-corrected chi connectivity index (χ2v) is 4.85. The molecule has 2 aromatic rings. The lowest BCUT2D eigenvalue weighted by Gasteiger charge is -2.11. The molecule has 0 unspecified atom stereocenters. The van der Waals surface area contributed by atoms with E-state index in [4.69, 9.17) is 4.74 Å². The maximum atomic E-state index is 5.62. The lowest BCUT2D eigenvalue weighted by Crippen LogP contribution is -2.06. The smallest absolute Gasteiger partial charge is 0.119 e. The van der Waals surface area contributed by atoms with Gasteiger partial charge < -0.3 is 10.1 Å². The van der Waals surface area contributed by atoms with Crippen molar-refractivity contribution in [3.63, 3.8) is 0 Å². The SMILES string of the molecule is Cc1ccncc1NCc1ccc(OC(C)C)cc1. The van der Waals surface area contributed by atoms with Crippen molar-refractivity contribution in [2.75, 3.05) is 5.32 Å². The Morgan fingerprint density at radius 3 is 2.53 bits per heavy atom. The minimum atomic E-state index is 0.210. The van der Waals surface area contributed by atoms with Gasteiger partial charge in [0, 0.05) is 12.7 Å². The van der Waals surface area contributed by atoms with Gasteiger partial charge in [-0.3, -0.25) is 4.98 Å². The van der Waals surface area contributed by atoms with Crippen LogP contribution < -0.4 is 10.1 Å². The summed E-state index contributed by atoms with van der Waals surface area (Å²) >= 11 is 0. The number of aromatic nitrogens is 1. The summed E-state index contributed by atoms with van der Waals surface area (Å²) in [5, 5.41) is 3.39. The van der Waals surface area contributed by atoms with Crippen LogP contribution in [0.15, 0.2) is 42.7 Å². The number of hydrogen-bond donors (Lipinski definition) is 1. The molecule has 0 saturated heterocycles. The Labute approximate surface area is 114 Å². The minimum Gasteiger partial charge on any atom is -0.491 e. The van der Waals surface area contributed by atoms with Gasteiger partial charge in [-0.2, -0.15) is 0 Å². The largest absolute Gasteiger partial charge is 0.491 e. The Bertz CT molecular complexity index is 521. The Kier molecular flexibility index (Phi) is 4.39. The number of aryl methyl sites for hydroxylation is 1. The van der Waals surface area contributed by atoms with Gasteiger partial charge in [0.15, 0.2) is 0 Å². The number of hydrogen-bond acceptors (Lipinski definition) is 3. The lowest BCUT2D eigenvalue weighted by molar-refractivity contribution is 0.242. The van der Waals surface area contributed by atoms with Crippen LogP contribution >= 0.6 is 0 Å². The third-order valence-electron chi connectivity index (χ3n) is 2.82. The molecular formula is C16H20N2O. The number of rotatable bonds is 5. The number of ether oxygens (including phenoxy) is 1. The molecule has 19 heavy (non-hydrogen) atoms. The highest BCUT2D eigenvalue weighted by Crippen LogP contribution is 2.16. The summed E-state index contributed by atoms with van der Waals surface area (Å²) in [4.78, 5) is 4.12. The Hall–Kier alpha value is -2.03. The fraction of sp³-hybridized carbons (Fsp3) is 0.312. The maximum absolute atomic E-state index is 5.62. The molecule has 0 aliphatic rings. The van der Waals surface area contributed by atoms with Crippen LogP contribution in [0.5, 0.6) is 5.75 Å². The van der Waals surface area contributed by atoms with Crippen LogP contribution in [0.3, 0.4) is 0 Å². The molecule has 3 heteroatoms. The lowest BCUT2D eigenvalue weighted by atomic mass is 10.2. The number of anilines is 1. The third-order valence-corrected chi connectivity index (χ3v) is 2.82. The number of benzene rings is 1. The second-order valence-electron chi connectivity index (χ2n) is 4.85. The molecule has 0 atom stereocenters. The van der Waals surface area contributed by atoms with Gasteiger partial charge in [0.1, 0.15) is 5.75 Å². The van der Waals surface area contributed by atoms with E-state index in [9.17, 15) is 0 Å². The molecule has 0 fully saturated rings. The highest BCUT2D eigenvalue weighted by Gasteiger charge is 2.00. The summed E-state index contributed by atoms with van der Waals surface area (Å²) in [5.74, 6) is 0.913. The molecule has 0 radical (unpaired) electrons. The van der Waals surface area contributed by atoms with Crippen LogP contribution in [0, 0.1) is 6.92 Å². The maximum Gasteiger partial charge on any atom is 0.119 e. The fourth-order valence-electron chi connectivity index (χ4n) is 1.80. The zero-order chi connectivity index (χ0) is 13.7. The second kappa shape index (κ2) is 6.23. The molecule has 1 heterocycles. The van der Waals surface area contributed by atoms with Crippen molar-refractivity contribution in [2.45, 2.75) is 33.4 Å². The Morgan fingerprint density at radius 1 is 1.16 bits per heavy atom. The standard InChI is InChI=1S/C16H20N2O/c1-12(2)19-15-6-4-14(5-7-15)10-18-16-11-17-9-8-13(16)3/h4-9,11-12,18H,10H2,1-3H3. The topological polar surface area (TPSA) is 34.2 Å². The van der Waals surface area contributed by atoms with E-state index < -0.39 is 0 Å². The van der Waals surface area contributed by atoms with Crippen LogP contribution in [-0.4, -0.2) is 11.1 Å². The molecule has 0 aliphatic carbocycles. The predicted molar refractivity (Wildman–Crippen MR) is 78.5 cm³/mol. The quantitative estimate of drug-likeness (QED) is 0.883. The van der Waals surface area contributed by atoms with Gasteiger partial charge in [-0.1, -0.05) is 12.1 Å². The number of nitrogens with zero attached hydrogens (tertiary/aromatic N) is 1. The van der Waals surface area contributed by atoms with Gasteiger partial charge in [-0.25, -0.2) is 0 Å². The zero-order valence-electron chi connectivity index (χ0n) is 11.7. The highest BCUT2D eigenvalue weighted by molar-refractivity contribution is 5.48. The van der Waals surface area contributed by atoms with Crippen LogP contribution in [0.25, 0.3) is 0 Å². The van der Waals surface area contributed by atoms with Gasteiger partial charge in [0.2, 0.25) is 0 Å². The van der Waals surface area contributed by atoms with Crippen LogP contribution in [-0.2, 0) is 6.54 Å². The van der Waals surface area contributed by atoms with Crippen LogP contribution in [0.2, 0.25) is 0 Å². The molecule has 0 aliphatic heterocycles. The van der Waals surface area contributed by atoms with Crippen molar-refractivity contribution in [2.24, 2.45) is 0 Å². The van der Waals surface area contributed by atoms with Crippen molar-refractivity contribution < 1.29 is 4.74 Å². The third kappa shape index (κ3) is 3.98. The predicted octanol–water partition coefficient (Wildman–Crippen LogP) is 3.79. The zero-order valence-corrected chi connectivity index (χ0v) is 11.7. The van der Waals surface area contributed by atoms with E-state index in [1.807, 2.05) is 38.2 Å². The molecule has 0 amide bonds. The van der Waals surface area contributed by atoms with Crippen molar-refractivity contribution >= 4 is 5.69 Å². The van der Waals surface area contributed by atoms with Crippen molar-refractivity contribution in [3.8, 4) is 5.75 Å². The van der Waals surface area contributed by atoms with Crippen molar-refractivity contribution in [1.29, 1.82) is 0 Å². The first-order valence-corrected chi connectivity index (χ1v) is 6.55. The monoisotopic (exact) mass is 256 g/mol.